The summed E-state index contributed by atoms with van der Waals surface area (Å²) >= 11 is 12.2. The number of halogens is 2. The normalized spacial score (nSPS) is 17.3. The molecular formula is C21H22Cl2N2O3. The number of nitrogens with one attached hydrogen (secondary N) is 1. The van der Waals surface area contributed by atoms with Crippen LogP contribution in [0, 0.1) is 0 Å². The number of hydrogen-bond donors (Lipinski definition) is 2. The van der Waals surface area contributed by atoms with Gasteiger partial charge in [0.1, 0.15) is 6.04 Å². The second kappa shape index (κ2) is 9.41. The van der Waals surface area contributed by atoms with Crippen LogP contribution in [0.3, 0.4) is 0 Å². The molecule has 1 aliphatic rings. The molecule has 1 heterocycles. The Hall–Kier alpha value is -2.08. The predicted molar refractivity (Wildman–Crippen MR) is 110 cm³/mol. The molecule has 0 unspecified atom stereocenters. The molecule has 5 nitrogen and oxygen atoms in total. The van der Waals surface area contributed by atoms with E-state index in [0.29, 0.717) is 11.6 Å². The topological polar surface area (TPSA) is 69.6 Å². The summed E-state index contributed by atoms with van der Waals surface area (Å²) in [5.74, 6) is -1.45. The fourth-order valence-electron chi connectivity index (χ4n) is 3.49. The van der Waals surface area contributed by atoms with E-state index in [4.69, 9.17) is 23.2 Å². The molecule has 2 aromatic rings. The van der Waals surface area contributed by atoms with Crippen molar-refractivity contribution in [3.05, 3.63) is 69.7 Å². The number of rotatable bonds is 7. The monoisotopic (exact) mass is 420 g/mol. The molecule has 1 saturated heterocycles. The quantitative estimate of drug-likeness (QED) is 0.712. The molecule has 148 valence electrons. The molecule has 28 heavy (non-hydrogen) atoms. The van der Waals surface area contributed by atoms with Crippen molar-refractivity contribution in [2.75, 3.05) is 13.1 Å². The maximum absolute atomic E-state index is 13.3. The van der Waals surface area contributed by atoms with Crippen LogP contribution in [0.15, 0.2) is 48.5 Å². The molecule has 1 fully saturated rings. The highest BCUT2D eigenvalue weighted by atomic mass is 35.5. The summed E-state index contributed by atoms with van der Waals surface area (Å²) in [7, 11) is 0. The summed E-state index contributed by atoms with van der Waals surface area (Å²) in [5.41, 5.74) is 1.11. The van der Waals surface area contributed by atoms with Crippen molar-refractivity contribution in [3.63, 3.8) is 0 Å². The molecule has 0 radical (unpaired) electrons. The van der Waals surface area contributed by atoms with Gasteiger partial charge in [0.25, 0.3) is 5.91 Å². The lowest BCUT2D eigenvalue weighted by Gasteiger charge is -2.32. The van der Waals surface area contributed by atoms with Crippen molar-refractivity contribution in [2.24, 2.45) is 0 Å². The van der Waals surface area contributed by atoms with E-state index in [9.17, 15) is 14.7 Å². The van der Waals surface area contributed by atoms with Crippen LogP contribution in [-0.4, -0.2) is 47.1 Å². The molecule has 2 atom stereocenters. The Morgan fingerprint density at radius 1 is 1.18 bits per heavy atom. The number of hydrogen-bond acceptors (Lipinski definition) is 3. The third-order valence-corrected chi connectivity index (χ3v) is 5.48. The second-order valence-corrected chi connectivity index (χ2v) is 7.76. The zero-order valence-electron chi connectivity index (χ0n) is 15.3. The summed E-state index contributed by atoms with van der Waals surface area (Å²) in [6.07, 6.45) is 2.13. The molecule has 1 amide bonds. The molecule has 2 aromatic carbocycles. The highest BCUT2D eigenvalue weighted by molar-refractivity contribution is 6.36. The van der Waals surface area contributed by atoms with Crippen molar-refractivity contribution < 1.29 is 14.7 Å². The van der Waals surface area contributed by atoms with Crippen molar-refractivity contribution in [3.8, 4) is 0 Å². The van der Waals surface area contributed by atoms with Gasteiger partial charge >= 0.3 is 5.97 Å². The maximum Gasteiger partial charge on any atom is 0.326 e. The Kier molecular flexibility index (Phi) is 6.94. The van der Waals surface area contributed by atoms with Crippen LogP contribution in [0.25, 0.3) is 0 Å². The molecule has 0 aliphatic carbocycles. The molecule has 7 heteroatoms. The van der Waals surface area contributed by atoms with Crippen LogP contribution in [0.1, 0.15) is 28.8 Å². The number of carboxylic acids is 1. The fraction of sp³-hybridized carbons (Fsp3) is 0.333. The first-order valence-electron chi connectivity index (χ1n) is 9.22. The average molecular weight is 421 g/mol. The fourth-order valence-corrected chi connectivity index (χ4v) is 3.98. The molecule has 3 rings (SSSR count). The van der Waals surface area contributed by atoms with E-state index < -0.39 is 17.9 Å². The maximum atomic E-state index is 13.3. The van der Waals surface area contributed by atoms with Crippen LogP contribution >= 0.6 is 23.2 Å². The summed E-state index contributed by atoms with van der Waals surface area (Å²) in [6.45, 7) is 1.17. The Morgan fingerprint density at radius 2 is 1.93 bits per heavy atom. The third-order valence-electron chi connectivity index (χ3n) is 4.94. The first-order valence-corrected chi connectivity index (χ1v) is 9.97. The molecule has 0 bridgehead atoms. The van der Waals surface area contributed by atoms with Gasteiger partial charge in [-0.1, -0.05) is 53.5 Å². The Labute approximate surface area is 174 Å². The molecule has 0 aromatic heterocycles. The zero-order valence-corrected chi connectivity index (χ0v) is 16.8. The summed E-state index contributed by atoms with van der Waals surface area (Å²) in [4.78, 5) is 26.9. The summed E-state index contributed by atoms with van der Waals surface area (Å²) in [6, 6.07) is 13.0. The number of nitrogens with zero attached hydrogens (tertiary/aromatic N) is 1. The largest absolute Gasteiger partial charge is 0.480 e. The summed E-state index contributed by atoms with van der Waals surface area (Å²) in [5, 5.41) is 13.9. The predicted octanol–water partition coefficient (Wildman–Crippen LogP) is 3.88. The van der Waals surface area contributed by atoms with E-state index in [1.165, 1.54) is 11.0 Å². The van der Waals surface area contributed by atoms with Gasteiger partial charge in [-0.05, 0) is 43.1 Å². The summed E-state index contributed by atoms with van der Waals surface area (Å²) < 4.78 is 0. The van der Waals surface area contributed by atoms with Gasteiger partial charge in [-0.25, -0.2) is 4.79 Å². The van der Waals surface area contributed by atoms with Crippen molar-refractivity contribution in [1.29, 1.82) is 0 Å². The lowest BCUT2D eigenvalue weighted by molar-refractivity contribution is -0.142. The van der Waals surface area contributed by atoms with Crippen LogP contribution in [0.4, 0.5) is 0 Å². The van der Waals surface area contributed by atoms with Crippen molar-refractivity contribution >= 4 is 35.1 Å². The molecule has 0 spiro atoms. The van der Waals surface area contributed by atoms with Crippen LogP contribution < -0.4 is 5.32 Å². The van der Waals surface area contributed by atoms with Gasteiger partial charge in [0, 0.05) is 24.0 Å². The van der Waals surface area contributed by atoms with E-state index in [0.717, 1.165) is 24.9 Å². The molecular weight excluding hydrogens is 399 g/mol. The van der Waals surface area contributed by atoms with Crippen molar-refractivity contribution in [1.82, 2.24) is 10.2 Å². The Balaban J connectivity index is 1.93. The number of aliphatic carboxylic acids is 1. The van der Waals surface area contributed by atoms with Crippen molar-refractivity contribution in [2.45, 2.75) is 31.3 Å². The lowest BCUT2D eigenvalue weighted by atomic mass is 10.0. The third kappa shape index (κ3) is 5.04. The smallest absolute Gasteiger partial charge is 0.326 e. The van der Waals surface area contributed by atoms with Gasteiger partial charge in [0.2, 0.25) is 0 Å². The van der Waals surface area contributed by atoms with Gasteiger partial charge in [-0.2, -0.15) is 0 Å². The molecule has 0 saturated carbocycles. The van der Waals surface area contributed by atoms with E-state index in [1.54, 1.807) is 12.1 Å². The van der Waals surface area contributed by atoms with E-state index >= 15 is 0 Å². The standard InChI is InChI=1S/C21H22Cl2N2O3/c22-15-8-9-17(18(23)12-15)20(26)25(13-16-7-4-10-24-16)19(21(27)28)11-14-5-2-1-3-6-14/h1-3,5-6,8-9,12,16,19,24H,4,7,10-11,13H2,(H,27,28)/t16-,19+/m1/s1. The first-order chi connectivity index (χ1) is 13.5. The minimum absolute atomic E-state index is 0.0626. The van der Waals surface area contributed by atoms with Crippen LogP contribution in [0.2, 0.25) is 10.0 Å². The highest BCUT2D eigenvalue weighted by Gasteiger charge is 2.33. The molecule has 2 N–H and O–H groups in total. The zero-order chi connectivity index (χ0) is 20.1. The first kappa shape index (κ1) is 20.6. The number of carbonyl (C=O) groups is 2. The van der Waals surface area contributed by atoms with E-state index in [1.807, 2.05) is 30.3 Å². The number of benzene rings is 2. The van der Waals surface area contributed by atoms with Gasteiger partial charge < -0.3 is 15.3 Å². The lowest BCUT2D eigenvalue weighted by Crippen LogP contribution is -2.51. The minimum atomic E-state index is -1.04. The van der Waals surface area contributed by atoms with Gasteiger partial charge in [-0.15, -0.1) is 0 Å². The van der Waals surface area contributed by atoms with Gasteiger partial charge in [-0.3, -0.25) is 4.79 Å². The number of carboxylic acid groups (broad SMARTS) is 1. The number of carbonyl (C=O) groups excluding carboxylic acids is 1. The van der Waals surface area contributed by atoms with Gasteiger partial charge in [0.15, 0.2) is 0 Å². The minimum Gasteiger partial charge on any atom is -0.480 e. The Bertz CT molecular complexity index is 839. The molecule has 1 aliphatic heterocycles. The van der Waals surface area contributed by atoms with Gasteiger partial charge in [0.05, 0.1) is 10.6 Å². The Morgan fingerprint density at radius 3 is 2.54 bits per heavy atom. The number of amides is 1. The van der Waals surface area contributed by atoms with E-state index in [-0.39, 0.29) is 23.0 Å². The van der Waals surface area contributed by atoms with Crippen LogP contribution in [-0.2, 0) is 11.2 Å². The average Bonchev–Trinajstić information content (AvgIpc) is 3.18. The second-order valence-electron chi connectivity index (χ2n) is 6.92. The SMILES string of the molecule is O=C(O)[C@H](Cc1ccccc1)N(C[C@H]1CCCN1)C(=O)c1ccc(Cl)cc1Cl. The highest BCUT2D eigenvalue weighted by Crippen LogP contribution is 2.24. The van der Waals surface area contributed by atoms with Crippen LogP contribution in [0.5, 0.6) is 0 Å². The van der Waals surface area contributed by atoms with E-state index in [2.05, 4.69) is 5.32 Å².